The van der Waals surface area contributed by atoms with Crippen molar-refractivity contribution in [2.24, 2.45) is 0 Å². The molecule has 0 amide bonds. The molecule has 0 aliphatic carbocycles. The van der Waals surface area contributed by atoms with Gasteiger partial charge in [0.05, 0.1) is 0 Å². The summed E-state index contributed by atoms with van der Waals surface area (Å²) in [5, 5.41) is 8.88. The lowest BCUT2D eigenvalue weighted by Crippen LogP contribution is -2.03. The molecule has 0 aromatic heterocycles. The molecule has 0 radical (unpaired) electrons. The lowest BCUT2D eigenvalue weighted by Gasteiger charge is -2.03. The minimum absolute atomic E-state index is 0.409. The molecule has 0 aromatic carbocycles. The predicted molar refractivity (Wildman–Crippen MR) is 54.6 cm³/mol. The van der Waals surface area contributed by atoms with E-state index in [9.17, 15) is 4.79 Å². The van der Waals surface area contributed by atoms with Crippen LogP contribution in [0.2, 0.25) is 0 Å². The molecular formula is C11H16O2. The molecule has 0 unspecified atom stereocenters. The monoisotopic (exact) mass is 180 g/mol. The van der Waals surface area contributed by atoms with Gasteiger partial charge in [0, 0.05) is 5.57 Å². The highest BCUT2D eigenvalue weighted by Crippen LogP contribution is 2.14. The van der Waals surface area contributed by atoms with Crippen molar-refractivity contribution in [2.75, 3.05) is 0 Å². The first-order valence-electron chi connectivity index (χ1n) is 4.38. The van der Waals surface area contributed by atoms with Crippen LogP contribution in [-0.4, -0.2) is 11.1 Å². The van der Waals surface area contributed by atoms with Gasteiger partial charge < -0.3 is 5.11 Å². The van der Waals surface area contributed by atoms with Gasteiger partial charge in [0.15, 0.2) is 0 Å². The van der Waals surface area contributed by atoms with Crippen molar-refractivity contribution in [3.63, 3.8) is 0 Å². The standard InChI is InChI=1S/C11H16O2/c1-4-7-8-10(11(12)13)9(5-2)6-3/h5-6H,2-4,7-8H2,1H3,(H,12,13). The van der Waals surface area contributed by atoms with Gasteiger partial charge in [0.1, 0.15) is 0 Å². The van der Waals surface area contributed by atoms with Crippen LogP contribution < -0.4 is 0 Å². The highest BCUT2D eigenvalue weighted by atomic mass is 16.4. The van der Waals surface area contributed by atoms with E-state index in [1.54, 1.807) is 0 Å². The van der Waals surface area contributed by atoms with Crippen LogP contribution in [0.15, 0.2) is 36.5 Å². The summed E-state index contributed by atoms with van der Waals surface area (Å²) in [5.41, 5.74) is 1.04. The Labute approximate surface area is 79.3 Å². The van der Waals surface area contributed by atoms with Crippen LogP contribution in [0.3, 0.4) is 0 Å². The third-order valence-electron chi connectivity index (χ3n) is 1.83. The van der Waals surface area contributed by atoms with Gasteiger partial charge in [0.25, 0.3) is 0 Å². The fourth-order valence-corrected chi connectivity index (χ4v) is 1.06. The first-order valence-corrected chi connectivity index (χ1v) is 4.38. The average molecular weight is 180 g/mol. The van der Waals surface area contributed by atoms with Crippen molar-refractivity contribution >= 4 is 5.97 Å². The second-order valence-electron chi connectivity index (χ2n) is 2.75. The summed E-state index contributed by atoms with van der Waals surface area (Å²) >= 11 is 0. The summed E-state index contributed by atoms with van der Waals surface area (Å²) in [6.45, 7) is 9.13. The van der Waals surface area contributed by atoms with Crippen LogP contribution in [0.25, 0.3) is 0 Å². The summed E-state index contributed by atoms with van der Waals surface area (Å²) in [6, 6.07) is 0. The van der Waals surface area contributed by atoms with Crippen LogP contribution in [0.5, 0.6) is 0 Å². The molecule has 0 aromatic rings. The number of carbonyl (C=O) groups is 1. The molecule has 0 aliphatic rings. The van der Waals surface area contributed by atoms with Gasteiger partial charge in [-0.25, -0.2) is 4.79 Å². The lowest BCUT2D eigenvalue weighted by molar-refractivity contribution is -0.132. The molecule has 0 saturated carbocycles. The van der Waals surface area contributed by atoms with Crippen molar-refractivity contribution in [3.8, 4) is 0 Å². The fourth-order valence-electron chi connectivity index (χ4n) is 1.06. The van der Waals surface area contributed by atoms with Crippen LogP contribution >= 0.6 is 0 Å². The highest BCUT2D eigenvalue weighted by molar-refractivity contribution is 5.88. The average Bonchev–Trinajstić information content (AvgIpc) is 2.11. The molecule has 2 nitrogen and oxygen atoms in total. The summed E-state index contributed by atoms with van der Waals surface area (Å²) in [5.74, 6) is -0.872. The van der Waals surface area contributed by atoms with Crippen molar-refractivity contribution in [1.29, 1.82) is 0 Å². The van der Waals surface area contributed by atoms with E-state index < -0.39 is 5.97 Å². The number of allylic oxidation sites excluding steroid dienone is 3. The van der Waals surface area contributed by atoms with Crippen molar-refractivity contribution in [2.45, 2.75) is 26.2 Å². The zero-order valence-corrected chi connectivity index (χ0v) is 8.05. The molecule has 0 saturated heterocycles. The second-order valence-corrected chi connectivity index (χ2v) is 2.75. The van der Waals surface area contributed by atoms with E-state index in [0.717, 1.165) is 12.8 Å². The van der Waals surface area contributed by atoms with Gasteiger partial charge in [-0.1, -0.05) is 38.7 Å². The number of carboxylic acid groups (broad SMARTS) is 1. The summed E-state index contributed by atoms with van der Waals surface area (Å²) in [7, 11) is 0. The minimum Gasteiger partial charge on any atom is -0.478 e. The number of aliphatic carboxylic acids is 1. The largest absolute Gasteiger partial charge is 0.478 e. The first-order chi connectivity index (χ1) is 6.17. The van der Waals surface area contributed by atoms with Gasteiger partial charge >= 0.3 is 5.97 Å². The van der Waals surface area contributed by atoms with Gasteiger partial charge in [0.2, 0.25) is 0 Å². The zero-order chi connectivity index (χ0) is 10.3. The third kappa shape index (κ3) is 3.74. The summed E-state index contributed by atoms with van der Waals surface area (Å²) in [6.07, 6.45) is 5.52. The molecule has 0 bridgehead atoms. The van der Waals surface area contributed by atoms with Crippen molar-refractivity contribution in [3.05, 3.63) is 36.5 Å². The Morgan fingerprint density at radius 2 is 1.92 bits per heavy atom. The molecular weight excluding hydrogens is 164 g/mol. The van der Waals surface area contributed by atoms with E-state index in [1.165, 1.54) is 12.2 Å². The number of hydrogen-bond acceptors (Lipinski definition) is 1. The number of hydrogen-bond donors (Lipinski definition) is 1. The Hall–Kier alpha value is -1.31. The molecule has 0 spiro atoms. The van der Waals surface area contributed by atoms with E-state index in [2.05, 4.69) is 13.2 Å². The van der Waals surface area contributed by atoms with Crippen LogP contribution in [0.1, 0.15) is 26.2 Å². The van der Waals surface area contributed by atoms with Crippen LogP contribution in [0.4, 0.5) is 0 Å². The van der Waals surface area contributed by atoms with E-state index in [-0.39, 0.29) is 0 Å². The topological polar surface area (TPSA) is 37.3 Å². The molecule has 0 aliphatic heterocycles. The number of carboxylic acids is 1. The predicted octanol–water partition coefficient (Wildman–Crippen LogP) is 2.93. The molecule has 13 heavy (non-hydrogen) atoms. The quantitative estimate of drug-likeness (QED) is 0.504. The van der Waals surface area contributed by atoms with Crippen molar-refractivity contribution in [1.82, 2.24) is 0 Å². The van der Waals surface area contributed by atoms with Gasteiger partial charge in [-0.15, -0.1) is 0 Å². The maximum Gasteiger partial charge on any atom is 0.332 e. The Morgan fingerprint density at radius 3 is 2.23 bits per heavy atom. The maximum absolute atomic E-state index is 10.8. The SMILES string of the molecule is C=CC(C=C)=C(CCCC)C(=O)O. The maximum atomic E-state index is 10.8. The molecule has 1 N–H and O–H groups in total. The smallest absolute Gasteiger partial charge is 0.332 e. The first kappa shape index (κ1) is 11.7. The lowest BCUT2D eigenvalue weighted by atomic mass is 10.0. The van der Waals surface area contributed by atoms with E-state index in [4.69, 9.17) is 5.11 Å². The van der Waals surface area contributed by atoms with Gasteiger partial charge in [-0.05, 0) is 18.4 Å². The Morgan fingerprint density at radius 1 is 1.38 bits per heavy atom. The second kappa shape index (κ2) is 6.23. The van der Waals surface area contributed by atoms with E-state index in [1.807, 2.05) is 6.92 Å². The summed E-state index contributed by atoms with van der Waals surface area (Å²) in [4.78, 5) is 10.8. The Kier molecular flexibility index (Phi) is 5.60. The summed E-state index contributed by atoms with van der Waals surface area (Å²) < 4.78 is 0. The van der Waals surface area contributed by atoms with E-state index in [0.29, 0.717) is 17.6 Å². The molecule has 0 fully saturated rings. The Bertz CT molecular complexity index is 226. The molecule has 0 atom stereocenters. The highest BCUT2D eigenvalue weighted by Gasteiger charge is 2.09. The number of rotatable bonds is 6. The molecule has 0 rings (SSSR count). The zero-order valence-electron chi connectivity index (χ0n) is 8.05. The fraction of sp³-hybridized carbons (Fsp3) is 0.364. The minimum atomic E-state index is -0.872. The molecule has 72 valence electrons. The Balaban J connectivity index is 4.74. The molecule has 0 heterocycles. The normalized spacial score (nSPS) is 9.00. The third-order valence-corrected chi connectivity index (χ3v) is 1.83. The van der Waals surface area contributed by atoms with Gasteiger partial charge in [-0.3, -0.25) is 0 Å². The van der Waals surface area contributed by atoms with Gasteiger partial charge in [-0.2, -0.15) is 0 Å². The van der Waals surface area contributed by atoms with Crippen LogP contribution in [0, 0.1) is 0 Å². The van der Waals surface area contributed by atoms with Crippen LogP contribution in [-0.2, 0) is 4.79 Å². The van der Waals surface area contributed by atoms with E-state index >= 15 is 0 Å². The number of unbranched alkanes of at least 4 members (excludes halogenated alkanes) is 1. The van der Waals surface area contributed by atoms with Crippen molar-refractivity contribution < 1.29 is 9.90 Å². The molecule has 2 heteroatoms.